The Labute approximate surface area is 167 Å². The Bertz CT molecular complexity index is 791. The van der Waals surface area contributed by atoms with Crippen LogP contribution in [0.3, 0.4) is 0 Å². The van der Waals surface area contributed by atoms with E-state index in [0.717, 1.165) is 41.6 Å². The third-order valence-corrected chi connectivity index (χ3v) is 5.64. The molecular weight excluding hydrogens is 356 g/mol. The molecule has 27 heavy (non-hydrogen) atoms. The van der Waals surface area contributed by atoms with Crippen molar-refractivity contribution in [1.82, 2.24) is 10.2 Å². The minimum Gasteiger partial charge on any atom is -0.493 e. The lowest BCUT2D eigenvalue weighted by atomic mass is 9.85. The van der Waals surface area contributed by atoms with Crippen molar-refractivity contribution in [3.63, 3.8) is 0 Å². The molecule has 0 aromatic heterocycles. The topological polar surface area (TPSA) is 33.7 Å². The molecule has 0 radical (unpaired) electrons. The van der Waals surface area contributed by atoms with E-state index in [2.05, 4.69) is 60.6 Å². The lowest BCUT2D eigenvalue weighted by Crippen LogP contribution is -2.48. The number of nitrogens with zero attached hydrogens (tertiary/aromatic N) is 1. The van der Waals surface area contributed by atoms with Crippen molar-refractivity contribution in [2.24, 2.45) is 0 Å². The van der Waals surface area contributed by atoms with Crippen molar-refractivity contribution in [2.45, 2.75) is 25.3 Å². The predicted molar refractivity (Wildman–Crippen MR) is 114 cm³/mol. The monoisotopic (exact) mass is 384 g/mol. The molecule has 1 N–H and O–H groups in total. The van der Waals surface area contributed by atoms with Gasteiger partial charge < -0.3 is 19.7 Å². The van der Waals surface area contributed by atoms with Gasteiger partial charge in [0.05, 0.1) is 14.2 Å². The number of likely N-dealkylation sites (tertiary alicyclic amines) is 1. The van der Waals surface area contributed by atoms with E-state index in [1.807, 2.05) is 6.07 Å². The van der Waals surface area contributed by atoms with Gasteiger partial charge in [-0.1, -0.05) is 48.1 Å². The molecule has 0 saturated carbocycles. The van der Waals surface area contributed by atoms with Crippen LogP contribution < -0.4 is 14.8 Å². The highest BCUT2D eigenvalue weighted by Gasteiger charge is 2.30. The second-order valence-electron chi connectivity index (χ2n) is 7.22. The lowest BCUT2D eigenvalue weighted by molar-refractivity contribution is 0.218. The average Bonchev–Trinajstić information content (AvgIpc) is 2.69. The summed E-state index contributed by atoms with van der Waals surface area (Å²) in [6.07, 6.45) is 1.04. The molecule has 2 unspecified atom stereocenters. The van der Waals surface area contributed by atoms with E-state index in [4.69, 9.17) is 21.7 Å². The summed E-state index contributed by atoms with van der Waals surface area (Å²) in [6.45, 7) is 4.12. The van der Waals surface area contributed by atoms with Crippen LogP contribution in [0.25, 0.3) is 0 Å². The Morgan fingerprint density at radius 2 is 1.78 bits per heavy atom. The number of nitrogens with one attached hydrogen (secondary N) is 1. The van der Waals surface area contributed by atoms with Crippen molar-refractivity contribution < 1.29 is 9.47 Å². The molecule has 2 atom stereocenters. The van der Waals surface area contributed by atoms with Gasteiger partial charge in [-0.25, -0.2) is 0 Å². The number of hydrogen-bond donors (Lipinski definition) is 1. The van der Waals surface area contributed by atoms with Gasteiger partial charge in [0, 0.05) is 24.1 Å². The highest BCUT2D eigenvalue weighted by atomic mass is 32.1. The summed E-state index contributed by atoms with van der Waals surface area (Å²) < 4.78 is 10.9. The van der Waals surface area contributed by atoms with Crippen LogP contribution >= 0.6 is 12.2 Å². The number of piperidine rings is 1. The van der Waals surface area contributed by atoms with E-state index in [1.165, 1.54) is 11.1 Å². The Balaban J connectivity index is 1.83. The van der Waals surface area contributed by atoms with Gasteiger partial charge >= 0.3 is 0 Å². The van der Waals surface area contributed by atoms with Gasteiger partial charge in [0.15, 0.2) is 11.5 Å². The first kappa shape index (κ1) is 19.6. The van der Waals surface area contributed by atoms with E-state index < -0.39 is 0 Å². The van der Waals surface area contributed by atoms with Gasteiger partial charge in [-0.2, -0.15) is 0 Å². The molecule has 0 amide bonds. The first-order valence-electron chi connectivity index (χ1n) is 9.30. The van der Waals surface area contributed by atoms with Gasteiger partial charge in [-0.3, -0.25) is 0 Å². The van der Waals surface area contributed by atoms with Gasteiger partial charge in [-0.05, 0) is 44.6 Å². The van der Waals surface area contributed by atoms with Crippen LogP contribution in [0, 0.1) is 6.92 Å². The van der Waals surface area contributed by atoms with Crippen molar-refractivity contribution in [3.05, 3.63) is 59.2 Å². The summed E-state index contributed by atoms with van der Waals surface area (Å²) in [5.41, 5.74) is 3.55. The molecule has 1 saturated heterocycles. The van der Waals surface area contributed by atoms with E-state index in [0.29, 0.717) is 5.92 Å². The first-order chi connectivity index (χ1) is 13.0. The number of likely N-dealkylation sites (N-methyl/N-ethyl adjacent to an activating group) is 1. The molecule has 5 heteroatoms. The number of rotatable bonds is 5. The van der Waals surface area contributed by atoms with Gasteiger partial charge in [0.2, 0.25) is 0 Å². The molecule has 3 rings (SSSR count). The molecular formula is C22H28N2O2S. The zero-order valence-corrected chi connectivity index (χ0v) is 17.3. The molecule has 1 aliphatic heterocycles. The first-order valence-corrected chi connectivity index (χ1v) is 9.70. The Morgan fingerprint density at radius 1 is 1.07 bits per heavy atom. The predicted octanol–water partition coefficient (Wildman–Crippen LogP) is 3.77. The van der Waals surface area contributed by atoms with E-state index in [9.17, 15) is 0 Å². The summed E-state index contributed by atoms with van der Waals surface area (Å²) >= 11 is 5.70. The molecule has 0 bridgehead atoms. The van der Waals surface area contributed by atoms with Crippen LogP contribution in [0.5, 0.6) is 11.5 Å². The highest BCUT2D eigenvalue weighted by molar-refractivity contribution is 7.80. The summed E-state index contributed by atoms with van der Waals surface area (Å²) in [7, 11) is 5.51. The molecule has 2 aromatic rings. The van der Waals surface area contributed by atoms with E-state index in [1.54, 1.807) is 14.2 Å². The Hall–Kier alpha value is -2.11. The number of benzene rings is 2. The van der Waals surface area contributed by atoms with Crippen molar-refractivity contribution in [1.29, 1.82) is 0 Å². The third kappa shape index (κ3) is 4.60. The fourth-order valence-electron chi connectivity index (χ4n) is 3.67. The number of ether oxygens (including phenoxy) is 2. The molecule has 0 spiro atoms. The Morgan fingerprint density at radius 3 is 2.44 bits per heavy atom. The maximum Gasteiger partial charge on any atom is 0.160 e. The normalized spacial score (nSPS) is 20.1. The SMILES string of the molecule is COc1ccc(C2CN(C)CCC2NC(=S)c2ccc(C)cc2)cc1OC. The highest BCUT2D eigenvalue weighted by Crippen LogP contribution is 2.34. The summed E-state index contributed by atoms with van der Waals surface area (Å²) in [5, 5.41) is 3.62. The van der Waals surface area contributed by atoms with Gasteiger partial charge in [-0.15, -0.1) is 0 Å². The number of aryl methyl sites for hydroxylation is 1. The van der Waals surface area contributed by atoms with E-state index >= 15 is 0 Å². The van der Waals surface area contributed by atoms with E-state index in [-0.39, 0.29) is 6.04 Å². The van der Waals surface area contributed by atoms with Crippen LogP contribution in [0.1, 0.15) is 29.0 Å². The Kier molecular flexibility index (Phi) is 6.34. The lowest BCUT2D eigenvalue weighted by Gasteiger charge is -2.38. The standard InChI is InChI=1S/C22H28N2O2S/c1-15-5-7-16(8-6-15)22(27)23-19-11-12-24(2)14-18(19)17-9-10-20(25-3)21(13-17)26-4/h5-10,13,18-19H,11-12,14H2,1-4H3,(H,23,27). The second kappa shape index (κ2) is 8.72. The number of hydrogen-bond acceptors (Lipinski definition) is 4. The fourth-order valence-corrected chi connectivity index (χ4v) is 3.95. The summed E-state index contributed by atoms with van der Waals surface area (Å²) in [6, 6.07) is 14.9. The fraction of sp³-hybridized carbons (Fsp3) is 0.409. The van der Waals surface area contributed by atoms with Gasteiger partial charge in [0.25, 0.3) is 0 Å². The quantitative estimate of drug-likeness (QED) is 0.794. The maximum atomic E-state index is 5.70. The van der Waals surface area contributed by atoms with Gasteiger partial charge in [0.1, 0.15) is 4.99 Å². The van der Waals surface area contributed by atoms with Crippen molar-refractivity contribution in [3.8, 4) is 11.5 Å². The van der Waals surface area contributed by atoms with Crippen molar-refractivity contribution in [2.75, 3.05) is 34.4 Å². The molecule has 4 nitrogen and oxygen atoms in total. The molecule has 1 aliphatic rings. The molecule has 1 heterocycles. The van der Waals surface area contributed by atoms with Crippen LogP contribution in [0.4, 0.5) is 0 Å². The van der Waals surface area contributed by atoms with Crippen LogP contribution in [-0.4, -0.2) is 50.3 Å². The van der Waals surface area contributed by atoms with Crippen LogP contribution in [0.15, 0.2) is 42.5 Å². The summed E-state index contributed by atoms with van der Waals surface area (Å²) in [4.78, 5) is 3.18. The molecule has 1 fully saturated rings. The van der Waals surface area contributed by atoms with Crippen LogP contribution in [-0.2, 0) is 0 Å². The number of thiocarbonyl (C=S) groups is 1. The van der Waals surface area contributed by atoms with Crippen molar-refractivity contribution >= 4 is 17.2 Å². The maximum absolute atomic E-state index is 5.70. The zero-order valence-electron chi connectivity index (χ0n) is 16.5. The molecule has 0 aliphatic carbocycles. The zero-order chi connectivity index (χ0) is 19.4. The molecule has 144 valence electrons. The minimum absolute atomic E-state index is 0.285. The largest absolute Gasteiger partial charge is 0.493 e. The third-order valence-electron chi connectivity index (χ3n) is 5.28. The average molecular weight is 385 g/mol. The van der Waals surface area contributed by atoms with Crippen LogP contribution in [0.2, 0.25) is 0 Å². The minimum atomic E-state index is 0.285. The number of methoxy groups -OCH3 is 2. The summed E-state index contributed by atoms with van der Waals surface area (Å²) in [5.74, 6) is 1.85. The smallest absolute Gasteiger partial charge is 0.160 e. The second-order valence-corrected chi connectivity index (χ2v) is 7.63. The molecule has 2 aromatic carbocycles.